The molecule has 2 N–H and O–H groups in total. The van der Waals surface area contributed by atoms with Crippen LogP contribution in [0.1, 0.15) is 19.3 Å². The molecule has 1 unspecified atom stereocenters. The molecule has 6 nitrogen and oxygen atoms in total. The summed E-state index contributed by atoms with van der Waals surface area (Å²) in [7, 11) is 5.97. The minimum absolute atomic E-state index is 0.304. The first-order valence-electron chi connectivity index (χ1n) is 7.51. The van der Waals surface area contributed by atoms with Gasteiger partial charge in [-0.3, -0.25) is 4.99 Å². The fraction of sp³-hybridized carbons (Fsp3) is 0.929. The number of nitrogens with zero attached hydrogens (tertiary/aromatic N) is 2. The average Bonchev–Trinajstić information content (AvgIpc) is 2.93. The zero-order chi connectivity index (χ0) is 14.6. The maximum Gasteiger partial charge on any atom is 0.190 e. The Morgan fingerprint density at radius 3 is 2.65 bits per heavy atom. The Labute approximate surface area is 122 Å². The molecule has 0 aromatic heterocycles. The average molecular weight is 286 g/mol. The first-order chi connectivity index (χ1) is 9.72. The highest BCUT2D eigenvalue weighted by Gasteiger charge is 2.15. The third-order valence-electron chi connectivity index (χ3n) is 3.15. The Bertz CT molecular complexity index is 266. The molecular formula is C14H30N4O2. The minimum atomic E-state index is 0.304. The van der Waals surface area contributed by atoms with E-state index < -0.39 is 0 Å². The van der Waals surface area contributed by atoms with Gasteiger partial charge in [-0.15, -0.1) is 0 Å². The van der Waals surface area contributed by atoms with Crippen LogP contribution in [0.4, 0.5) is 0 Å². The number of guanidine groups is 1. The van der Waals surface area contributed by atoms with E-state index in [9.17, 15) is 0 Å². The Kier molecular flexibility index (Phi) is 9.36. The molecule has 118 valence electrons. The van der Waals surface area contributed by atoms with Crippen molar-refractivity contribution in [3.05, 3.63) is 0 Å². The van der Waals surface area contributed by atoms with Gasteiger partial charge in [-0.2, -0.15) is 0 Å². The largest absolute Gasteiger partial charge is 0.379 e. The molecule has 6 heteroatoms. The van der Waals surface area contributed by atoms with Gasteiger partial charge in [0, 0.05) is 33.4 Å². The Morgan fingerprint density at radius 2 is 2.05 bits per heavy atom. The second-order valence-corrected chi connectivity index (χ2v) is 5.29. The van der Waals surface area contributed by atoms with Gasteiger partial charge in [0.1, 0.15) is 0 Å². The van der Waals surface area contributed by atoms with Crippen molar-refractivity contribution in [2.75, 3.05) is 60.6 Å². The van der Waals surface area contributed by atoms with Gasteiger partial charge in [0.25, 0.3) is 0 Å². The zero-order valence-electron chi connectivity index (χ0n) is 13.2. The van der Waals surface area contributed by atoms with Gasteiger partial charge in [-0.05, 0) is 39.9 Å². The number of nitrogens with one attached hydrogen (secondary N) is 2. The van der Waals surface area contributed by atoms with Crippen molar-refractivity contribution in [3.63, 3.8) is 0 Å². The van der Waals surface area contributed by atoms with Gasteiger partial charge in [0.05, 0.1) is 12.7 Å². The van der Waals surface area contributed by atoms with Gasteiger partial charge >= 0.3 is 0 Å². The highest BCUT2D eigenvalue weighted by Crippen LogP contribution is 2.07. The van der Waals surface area contributed by atoms with Crippen LogP contribution in [0.5, 0.6) is 0 Å². The van der Waals surface area contributed by atoms with Crippen molar-refractivity contribution in [2.24, 2.45) is 4.99 Å². The van der Waals surface area contributed by atoms with Crippen LogP contribution in [0.25, 0.3) is 0 Å². The summed E-state index contributed by atoms with van der Waals surface area (Å²) in [5.41, 5.74) is 0. The van der Waals surface area contributed by atoms with E-state index in [-0.39, 0.29) is 0 Å². The maximum atomic E-state index is 5.71. The first kappa shape index (κ1) is 17.2. The summed E-state index contributed by atoms with van der Waals surface area (Å²) in [4.78, 5) is 6.38. The van der Waals surface area contributed by atoms with E-state index in [1.807, 2.05) is 0 Å². The van der Waals surface area contributed by atoms with Crippen molar-refractivity contribution in [1.82, 2.24) is 15.5 Å². The van der Waals surface area contributed by atoms with Gasteiger partial charge < -0.3 is 25.0 Å². The normalized spacial score (nSPS) is 19.6. The Hall–Kier alpha value is -0.850. The monoisotopic (exact) mass is 286 g/mol. The van der Waals surface area contributed by atoms with Crippen LogP contribution in [0.3, 0.4) is 0 Å². The fourth-order valence-corrected chi connectivity index (χ4v) is 2.00. The van der Waals surface area contributed by atoms with E-state index in [1.54, 1.807) is 7.05 Å². The minimum Gasteiger partial charge on any atom is -0.379 e. The molecule has 0 aromatic carbocycles. The molecule has 0 spiro atoms. The van der Waals surface area contributed by atoms with Gasteiger partial charge in [-0.1, -0.05) is 0 Å². The molecule has 1 heterocycles. The molecule has 1 rings (SSSR count). The molecule has 0 radical (unpaired) electrons. The molecule has 0 bridgehead atoms. The number of hydrogen-bond donors (Lipinski definition) is 2. The lowest BCUT2D eigenvalue weighted by molar-refractivity contribution is 0.0420. The summed E-state index contributed by atoms with van der Waals surface area (Å²) in [5.74, 6) is 0.868. The molecule has 0 aliphatic carbocycles. The van der Waals surface area contributed by atoms with Crippen molar-refractivity contribution < 1.29 is 9.47 Å². The summed E-state index contributed by atoms with van der Waals surface area (Å²) in [6.07, 6.45) is 3.43. The molecule has 1 aliphatic heterocycles. The van der Waals surface area contributed by atoms with Gasteiger partial charge in [0.15, 0.2) is 5.96 Å². The van der Waals surface area contributed by atoms with Crippen LogP contribution in [-0.4, -0.2) is 77.6 Å². The van der Waals surface area contributed by atoms with E-state index in [4.69, 9.17) is 9.47 Å². The highest BCUT2D eigenvalue weighted by atomic mass is 16.5. The van der Waals surface area contributed by atoms with E-state index in [0.29, 0.717) is 6.10 Å². The molecular weight excluding hydrogens is 256 g/mol. The van der Waals surface area contributed by atoms with Crippen LogP contribution in [0.2, 0.25) is 0 Å². The quantitative estimate of drug-likeness (QED) is 0.363. The van der Waals surface area contributed by atoms with Crippen LogP contribution in [-0.2, 0) is 9.47 Å². The first-order valence-corrected chi connectivity index (χ1v) is 7.51. The predicted octanol–water partition coefficient (Wildman–Crippen LogP) is 0.299. The molecule has 1 saturated heterocycles. The molecule has 1 fully saturated rings. The van der Waals surface area contributed by atoms with E-state index in [0.717, 1.165) is 64.7 Å². The van der Waals surface area contributed by atoms with Crippen molar-refractivity contribution in [2.45, 2.75) is 25.4 Å². The van der Waals surface area contributed by atoms with E-state index in [1.165, 1.54) is 0 Å². The SMILES string of the molecule is CN=C(NCCCOC1CCOC1)NCCCN(C)C. The summed E-state index contributed by atoms with van der Waals surface area (Å²) in [5, 5.41) is 6.61. The number of aliphatic imine (C=N–C) groups is 1. The van der Waals surface area contributed by atoms with Gasteiger partial charge in [0.2, 0.25) is 0 Å². The van der Waals surface area contributed by atoms with Crippen molar-refractivity contribution in [3.8, 4) is 0 Å². The highest BCUT2D eigenvalue weighted by molar-refractivity contribution is 5.79. The third-order valence-corrected chi connectivity index (χ3v) is 3.15. The van der Waals surface area contributed by atoms with Crippen LogP contribution < -0.4 is 10.6 Å². The zero-order valence-corrected chi connectivity index (χ0v) is 13.2. The van der Waals surface area contributed by atoms with Crippen LogP contribution in [0.15, 0.2) is 4.99 Å². The molecule has 0 saturated carbocycles. The lowest BCUT2D eigenvalue weighted by Crippen LogP contribution is -2.39. The van der Waals surface area contributed by atoms with Crippen molar-refractivity contribution >= 4 is 5.96 Å². The van der Waals surface area contributed by atoms with Crippen LogP contribution >= 0.6 is 0 Å². The smallest absolute Gasteiger partial charge is 0.190 e. The standard InChI is InChI=1S/C14H30N4O2/c1-15-14(16-7-4-9-18(2)3)17-8-5-10-20-13-6-11-19-12-13/h13H,4-12H2,1-3H3,(H2,15,16,17). The second-order valence-electron chi connectivity index (χ2n) is 5.29. The Balaban J connectivity index is 1.95. The Morgan fingerprint density at radius 1 is 1.30 bits per heavy atom. The maximum absolute atomic E-state index is 5.71. The topological polar surface area (TPSA) is 58.1 Å². The molecule has 1 atom stereocenters. The summed E-state index contributed by atoms with van der Waals surface area (Å²) in [6.45, 7) is 5.27. The van der Waals surface area contributed by atoms with E-state index in [2.05, 4.69) is 34.6 Å². The number of hydrogen-bond acceptors (Lipinski definition) is 4. The van der Waals surface area contributed by atoms with Crippen LogP contribution in [0, 0.1) is 0 Å². The summed E-state index contributed by atoms with van der Waals surface area (Å²) in [6, 6.07) is 0. The van der Waals surface area contributed by atoms with E-state index >= 15 is 0 Å². The molecule has 0 aromatic rings. The van der Waals surface area contributed by atoms with Crippen molar-refractivity contribution in [1.29, 1.82) is 0 Å². The molecule has 0 amide bonds. The summed E-state index contributed by atoms with van der Waals surface area (Å²) >= 11 is 0. The summed E-state index contributed by atoms with van der Waals surface area (Å²) < 4.78 is 11.0. The second kappa shape index (κ2) is 10.9. The predicted molar refractivity (Wildman–Crippen MR) is 82.3 cm³/mol. The lowest BCUT2D eigenvalue weighted by Gasteiger charge is -2.14. The fourth-order valence-electron chi connectivity index (χ4n) is 2.00. The number of rotatable bonds is 9. The molecule has 1 aliphatic rings. The third kappa shape index (κ3) is 8.35. The molecule has 20 heavy (non-hydrogen) atoms. The van der Waals surface area contributed by atoms with Gasteiger partial charge in [-0.25, -0.2) is 0 Å². The lowest BCUT2D eigenvalue weighted by atomic mass is 10.3. The number of ether oxygens (including phenoxy) is 2.